The Morgan fingerprint density at radius 2 is 1.87 bits per heavy atom. The molecule has 0 spiro atoms. The minimum Gasteiger partial charge on any atom is -0.475 e. The molecule has 1 aliphatic heterocycles. The number of aromatic carboxylic acids is 1. The highest BCUT2D eigenvalue weighted by atomic mass is 16.5. The summed E-state index contributed by atoms with van der Waals surface area (Å²) in [6, 6.07) is 11.9. The summed E-state index contributed by atoms with van der Waals surface area (Å²) in [6.07, 6.45) is 1.71. The van der Waals surface area contributed by atoms with Crippen LogP contribution in [-0.2, 0) is 4.74 Å². The quantitative estimate of drug-likeness (QED) is 0.885. The number of carboxylic acid groups (broad SMARTS) is 1. The summed E-state index contributed by atoms with van der Waals surface area (Å²) in [7, 11) is 0. The fourth-order valence-electron chi connectivity index (χ4n) is 2.70. The topological polar surface area (TPSA) is 88.8 Å². The normalized spacial score (nSPS) is 18.5. The summed E-state index contributed by atoms with van der Waals surface area (Å²) in [5.41, 5.74) is 0.942. The second-order valence-electron chi connectivity index (χ2n) is 5.38. The molecular weight excluding hydrogens is 298 g/mol. The molecule has 1 aliphatic rings. The van der Waals surface area contributed by atoms with E-state index in [4.69, 9.17) is 14.3 Å². The minimum atomic E-state index is -1.21. The molecule has 0 radical (unpaired) electrons. The van der Waals surface area contributed by atoms with E-state index in [1.165, 1.54) is 12.1 Å². The summed E-state index contributed by atoms with van der Waals surface area (Å²) < 4.78 is 10.8. The van der Waals surface area contributed by atoms with E-state index in [1.807, 2.05) is 30.3 Å². The lowest BCUT2D eigenvalue weighted by Crippen LogP contribution is -2.36. The lowest BCUT2D eigenvalue weighted by molar-refractivity contribution is 0.0636. The highest BCUT2D eigenvalue weighted by Crippen LogP contribution is 2.27. The molecule has 6 heteroatoms. The molecule has 2 unspecified atom stereocenters. The maximum atomic E-state index is 12.4. The molecule has 120 valence electrons. The summed E-state index contributed by atoms with van der Waals surface area (Å²) in [5, 5.41) is 11.8. The van der Waals surface area contributed by atoms with E-state index in [0.717, 1.165) is 18.4 Å². The number of carbonyl (C=O) groups is 2. The number of benzene rings is 1. The lowest BCUT2D eigenvalue weighted by Gasteiger charge is -2.24. The minimum absolute atomic E-state index is 0.0265. The van der Waals surface area contributed by atoms with Gasteiger partial charge in [-0.25, -0.2) is 4.79 Å². The highest BCUT2D eigenvalue weighted by Gasteiger charge is 2.29. The molecule has 1 fully saturated rings. The fraction of sp³-hybridized carbons (Fsp3) is 0.294. The average Bonchev–Trinajstić information content (AvgIpc) is 3.24. The second-order valence-corrected chi connectivity index (χ2v) is 5.38. The number of furan rings is 1. The predicted molar refractivity (Wildman–Crippen MR) is 81.3 cm³/mol. The van der Waals surface area contributed by atoms with Crippen LogP contribution >= 0.6 is 0 Å². The van der Waals surface area contributed by atoms with Gasteiger partial charge in [0.2, 0.25) is 5.76 Å². The van der Waals surface area contributed by atoms with Gasteiger partial charge >= 0.3 is 5.97 Å². The van der Waals surface area contributed by atoms with Crippen molar-refractivity contribution in [3.05, 3.63) is 59.5 Å². The van der Waals surface area contributed by atoms with Gasteiger partial charge < -0.3 is 19.6 Å². The third kappa shape index (κ3) is 3.43. The molecule has 6 nitrogen and oxygen atoms in total. The lowest BCUT2D eigenvalue weighted by atomic mass is 9.99. The van der Waals surface area contributed by atoms with Crippen molar-refractivity contribution in [1.29, 1.82) is 0 Å². The van der Waals surface area contributed by atoms with Crippen LogP contribution in [0.3, 0.4) is 0 Å². The average molecular weight is 315 g/mol. The molecule has 2 aromatic rings. The number of hydrogen-bond donors (Lipinski definition) is 2. The molecule has 1 aromatic heterocycles. The van der Waals surface area contributed by atoms with E-state index in [9.17, 15) is 9.59 Å². The molecule has 2 N–H and O–H groups in total. The SMILES string of the molecule is O=C(O)c1ccc(C(=O)NC(c2ccccc2)C2CCCO2)o1. The van der Waals surface area contributed by atoms with Crippen molar-refractivity contribution in [3.8, 4) is 0 Å². The summed E-state index contributed by atoms with van der Waals surface area (Å²) in [4.78, 5) is 23.2. The molecule has 3 rings (SSSR count). The zero-order valence-corrected chi connectivity index (χ0v) is 12.4. The molecular formula is C17H17NO5. The zero-order valence-electron chi connectivity index (χ0n) is 12.4. The summed E-state index contributed by atoms with van der Waals surface area (Å²) in [5.74, 6) is -1.95. The zero-order chi connectivity index (χ0) is 16.2. The number of nitrogens with one attached hydrogen (secondary N) is 1. The maximum Gasteiger partial charge on any atom is 0.371 e. The Balaban J connectivity index is 1.80. The Kier molecular flexibility index (Phi) is 4.43. The number of ether oxygens (including phenoxy) is 1. The van der Waals surface area contributed by atoms with Crippen LogP contribution < -0.4 is 5.32 Å². The monoisotopic (exact) mass is 315 g/mol. The molecule has 2 atom stereocenters. The number of carbonyl (C=O) groups excluding carboxylic acids is 1. The van der Waals surface area contributed by atoms with Gasteiger partial charge in [0.25, 0.3) is 5.91 Å². The van der Waals surface area contributed by atoms with Crippen LogP contribution in [-0.4, -0.2) is 29.7 Å². The van der Waals surface area contributed by atoms with Gasteiger partial charge in [-0.2, -0.15) is 0 Å². The molecule has 0 aliphatic carbocycles. The highest BCUT2D eigenvalue weighted by molar-refractivity contribution is 5.93. The predicted octanol–water partition coefficient (Wildman–Crippen LogP) is 2.63. The Hall–Kier alpha value is -2.60. The van der Waals surface area contributed by atoms with Gasteiger partial charge in [0.1, 0.15) is 0 Å². The smallest absolute Gasteiger partial charge is 0.371 e. The van der Waals surface area contributed by atoms with Gasteiger partial charge in [-0.3, -0.25) is 4.79 Å². The molecule has 1 saturated heterocycles. The Labute approximate surface area is 133 Å². The van der Waals surface area contributed by atoms with Crippen LogP contribution in [0, 0.1) is 0 Å². The first kappa shape index (κ1) is 15.3. The maximum absolute atomic E-state index is 12.4. The van der Waals surface area contributed by atoms with Gasteiger partial charge in [0.15, 0.2) is 5.76 Å². The van der Waals surface area contributed by atoms with E-state index in [-0.39, 0.29) is 23.7 Å². The van der Waals surface area contributed by atoms with Crippen molar-refractivity contribution in [3.63, 3.8) is 0 Å². The number of amides is 1. The third-order valence-corrected chi connectivity index (χ3v) is 3.82. The largest absolute Gasteiger partial charge is 0.475 e. The van der Waals surface area contributed by atoms with Gasteiger partial charge in [0, 0.05) is 6.61 Å². The van der Waals surface area contributed by atoms with Crippen molar-refractivity contribution in [2.75, 3.05) is 6.61 Å². The van der Waals surface area contributed by atoms with Crippen LogP contribution in [0.2, 0.25) is 0 Å². The van der Waals surface area contributed by atoms with Crippen LogP contribution in [0.5, 0.6) is 0 Å². The van der Waals surface area contributed by atoms with Gasteiger partial charge in [0.05, 0.1) is 12.1 Å². The number of rotatable bonds is 5. The first-order valence-corrected chi connectivity index (χ1v) is 7.45. The molecule has 1 amide bonds. The van der Waals surface area contributed by atoms with Crippen molar-refractivity contribution >= 4 is 11.9 Å². The fourth-order valence-corrected chi connectivity index (χ4v) is 2.70. The molecule has 2 heterocycles. The van der Waals surface area contributed by atoms with Crippen molar-refractivity contribution in [2.45, 2.75) is 25.0 Å². The Bertz CT molecular complexity index is 688. The first-order valence-electron chi connectivity index (χ1n) is 7.45. The van der Waals surface area contributed by atoms with Gasteiger partial charge in [-0.15, -0.1) is 0 Å². The van der Waals surface area contributed by atoms with E-state index in [0.29, 0.717) is 6.61 Å². The Morgan fingerprint density at radius 1 is 1.13 bits per heavy atom. The van der Waals surface area contributed by atoms with Crippen molar-refractivity contribution in [2.24, 2.45) is 0 Å². The van der Waals surface area contributed by atoms with Crippen molar-refractivity contribution < 1.29 is 23.8 Å². The van der Waals surface area contributed by atoms with Crippen molar-refractivity contribution in [1.82, 2.24) is 5.32 Å². The Morgan fingerprint density at radius 3 is 2.48 bits per heavy atom. The molecule has 23 heavy (non-hydrogen) atoms. The summed E-state index contributed by atoms with van der Waals surface area (Å²) in [6.45, 7) is 0.674. The van der Waals surface area contributed by atoms with Gasteiger partial charge in [-0.05, 0) is 30.5 Å². The van der Waals surface area contributed by atoms with Crippen LogP contribution in [0.1, 0.15) is 45.6 Å². The van der Waals surface area contributed by atoms with E-state index >= 15 is 0 Å². The van der Waals surface area contributed by atoms with Crippen LogP contribution in [0.25, 0.3) is 0 Å². The first-order chi connectivity index (χ1) is 11.1. The van der Waals surface area contributed by atoms with E-state index in [2.05, 4.69) is 5.32 Å². The number of carboxylic acids is 1. The third-order valence-electron chi connectivity index (χ3n) is 3.82. The van der Waals surface area contributed by atoms with E-state index in [1.54, 1.807) is 0 Å². The molecule has 0 saturated carbocycles. The van der Waals surface area contributed by atoms with E-state index < -0.39 is 11.9 Å². The molecule has 1 aromatic carbocycles. The summed E-state index contributed by atoms with van der Waals surface area (Å²) >= 11 is 0. The number of hydrogen-bond acceptors (Lipinski definition) is 4. The standard InChI is InChI=1S/C17H17NO5/c19-16(13-8-9-14(23-13)17(20)21)18-15(12-7-4-10-22-12)11-5-2-1-3-6-11/h1-3,5-6,8-9,12,15H,4,7,10H2,(H,18,19)(H,20,21). The van der Waals surface area contributed by atoms with Gasteiger partial charge in [-0.1, -0.05) is 30.3 Å². The second kappa shape index (κ2) is 6.66. The molecule has 0 bridgehead atoms. The van der Waals surface area contributed by atoms with Crippen LogP contribution in [0.4, 0.5) is 0 Å². The van der Waals surface area contributed by atoms with Crippen LogP contribution in [0.15, 0.2) is 46.9 Å².